The third-order valence-electron chi connectivity index (χ3n) is 10.1. The van der Waals surface area contributed by atoms with E-state index < -0.39 is 45.9 Å². The largest absolute Gasteiger partial charge is 0.425 e. The Morgan fingerprint density at radius 2 is 0.877 bits per heavy atom. The van der Waals surface area contributed by atoms with E-state index in [2.05, 4.69) is 27.7 Å². The zero-order valence-electron chi connectivity index (χ0n) is 34.8. The van der Waals surface area contributed by atoms with Crippen LogP contribution in [0.4, 0.5) is 5.69 Å². The van der Waals surface area contributed by atoms with Crippen LogP contribution in [0.5, 0.6) is 0 Å². The number of thiocarbonyl (C=S) groups is 1. The Labute approximate surface area is 374 Å². The lowest BCUT2D eigenvalue weighted by Crippen LogP contribution is -2.41. The molecule has 0 radical (unpaired) electrons. The summed E-state index contributed by atoms with van der Waals surface area (Å²) in [4.78, 5) is 110. The van der Waals surface area contributed by atoms with Crippen LogP contribution in [0.3, 0.4) is 0 Å². The topological polar surface area (TPSA) is 271 Å². The molecule has 65 heavy (non-hydrogen) atoms. The minimum absolute atomic E-state index is 0.00451. The van der Waals surface area contributed by atoms with Crippen molar-refractivity contribution in [2.45, 2.75) is 32.1 Å². The zero-order chi connectivity index (χ0) is 47.0. The molecule has 22 heteroatoms. The number of unbranched alkanes of at least 4 members (excludes halogenated alkanes) is 1. The van der Waals surface area contributed by atoms with Crippen molar-refractivity contribution in [1.82, 2.24) is 38.9 Å². The van der Waals surface area contributed by atoms with Crippen molar-refractivity contribution in [1.29, 1.82) is 0 Å². The van der Waals surface area contributed by atoms with Gasteiger partial charge in [-0.3, -0.25) is 38.4 Å². The number of aromatic nitrogens is 4. The third kappa shape index (κ3) is 12.5. The summed E-state index contributed by atoms with van der Waals surface area (Å²) in [5, 5.41) is 46.0. The van der Waals surface area contributed by atoms with Crippen LogP contribution in [0.15, 0.2) is 121 Å². The van der Waals surface area contributed by atoms with Gasteiger partial charge in [-0.2, -0.15) is 4.99 Å². The highest BCUT2D eigenvalue weighted by molar-refractivity contribution is 7.78. The first-order valence-corrected chi connectivity index (χ1v) is 20.6. The fourth-order valence-electron chi connectivity index (χ4n) is 6.69. The number of benzene rings is 1. The summed E-state index contributed by atoms with van der Waals surface area (Å²) >= 11 is 4.67. The number of carbonyl (C=O) groups excluding carboxylic acids is 4. The number of hydrogen-bond acceptors (Lipinski definition) is 14. The summed E-state index contributed by atoms with van der Waals surface area (Å²) in [6, 6.07) is 21.6. The molecule has 0 spiro atoms. The van der Waals surface area contributed by atoms with Crippen LogP contribution in [-0.2, 0) is 6.42 Å². The number of nitrogens with one attached hydrogen (secondary N) is 1. The van der Waals surface area contributed by atoms with E-state index in [0.717, 1.165) is 29.8 Å². The highest BCUT2D eigenvalue weighted by Gasteiger charge is 2.24. The van der Waals surface area contributed by atoms with Crippen LogP contribution >= 0.6 is 12.2 Å². The van der Waals surface area contributed by atoms with Crippen molar-refractivity contribution in [2.24, 2.45) is 4.99 Å². The van der Waals surface area contributed by atoms with Gasteiger partial charge in [0.1, 0.15) is 22.8 Å². The monoisotopic (exact) mass is 911 g/mol. The average Bonchev–Trinajstić information content (AvgIpc) is 3.29. The summed E-state index contributed by atoms with van der Waals surface area (Å²) in [5.41, 5.74) is -3.16. The molecule has 21 nitrogen and oxygen atoms in total. The number of carbonyl (C=O) groups is 4. The second-order valence-corrected chi connectivity index (χ2v) is 14.6. The van der Waals surface area contributed by atoms with Gasteiger partial charge in [-0.25, -0.2) is 0 Å². The Balaban J connectivity index is 1.30. The predicted molar refractivity (Wildman–Crippen MR) is 235 cm³/mol. The molecule has 4 heterocycles. The minimum Gasteiger partial charge on any atom is -0.425 e. The molecule has 1 aromatic carbocycles. The average molecular weight is 912 g/mol. The lowest BCUT2D eigenvalue weighted by atomic mass is 10.1. The second-order valence-electron chi connectivity index (χ2n) is 14.4. The Morgan fingerprint density at radius 3 is 1.31 bits per heavy atom. The lowest BCUT2D eigenvalue weighted by Gasteiger charge is -2.27. The van der Waals surface area contributed by atoms with E-state index in [1.54, 1.807) is 24.3 Å². The van der Waals surface area contributed by atoms with Crippen LogP contribution in [0.1, 0.15) is 73.2 Å². The predicted octanol–water partition coefficient (Wildman–Crippen LogP) is 1.98. The van der Waals surface area contributed by atoms with Crippen LogP contribution in [0.25, 0.3) is 0 Å². The van der Waals surface area contributed by atoms with Crippen molar-refractivity contribution in [3.05, 3.63) is 167 Å². The van der Waals surface area contributed by atoms with Gasteiger partial charge in [0.15, 0.2) is 0 Å². The molecule has 0 unspecified atom stereocenters. The van der Waals surface area contributed by atoms with Gasteiger partial charge in [-0.15, -0.1) is 18.9 Å². The minimum atomic E-state index is -0.851. The maximum atomic E-state index is 13.9. The van der Waals surface area contributed by atoms with Gasteiger partial charge in [-0.05, 0) is 86.3 Å². The number of rotatable bonds is 21. The Kier molecular flexibility index (Phi) is 16.8. The van der Waals surface area contributed by atoms with E-state index in [1.807, 2.05) is 0 Å². The van der Waals surface area contributed by atoms with Crippen molar-refractivity contribution < 1.29 is 40.0 Å². The van der Waals surface area contributed by atoms with Crippen LogP contribution in [0.2, 0.25) is 0 Å². The molecule has 0 aliphatic heterocycles. The van der Waals surface area contributed by atoms with Crippen LogP contribution in [0, 0.1) is 0 Å². The van der Waals surface area contributed by atoms with E-state index in [4.69, 9.17) is 0 Å². The molecule has 4 amide bonds. The maximum Gasteiger partial charge on any atom is 0.283 e. The van der Waals surface area contributed by atoms with Crippen molar-refractivity contribution in [3.8, 4) is 0 Å². The number of hydrogen-bond donors (Lipinski definition) is 5. The van der Waals surface area contributed by atoms with Gasteiger partial charge < -0.3 is 40.8 Å². The summed E-state index contributed by atoms with van der Waals surface area (Å²) in [6.07, 6.45) is 1.15. The molecule has 0 fully saturated rings. The van der Waals surface area contributed by atoms with Gasteiger partial charge in [0, 0.05) is 70.1 Å². The van der Waals surface area contributed by atoms with Crippen molar-refractivity contribution in [2.75, 3.05) is 45.8 Å². The quantitative estimate of drug-likeness (QED) is 0.0306. The smallest absolute Gasteiger partial charge is 0.283 e. The number of isothiocyanates is 1. The lowest BCUT2D eigenvalue weighted by molar-refractivity contribution is 0.0637. The normalized spacial score (nSPS) is 10.7. The SMILES string of the molecule is O=C(NCCCN(CCCCN(CCCN(CCc1ccc(N=C=S)cc1)C(=O)c1cccc(=O)n1O)C(=O)c1cccc(=O)n1O)C(=O)c1cccc(=O)n1O)c1cccc(=O)n1O. The molecule has 0 aliphatic rings. The first-order chi connectivity index (χ1) is 31.2. The highest BCUT2D eigenvalue weighted by Crippen LogP contribution is 2.15. The summed E-state index contributed by atoms with van der Waals surface area (Å²) in [7, 11) is 0. The first kappa shape index (κ1) is 47.9. The highest BCUT2D eigenvalue weighted by atomic mass is 32.1. The third-order valence-corrected chi connectivity index (χ3v) is 10.2. The van der Waals surface area contributed by atoms with E-state index in [1.165, 1.54) is 63.2 Å². The fourth-order valence-corrected chi connectivity index (χ4v) is 6.79. The molecule has 0 saturated heterocycles. The van der Waals surface area contributed by atoms with E-state index in [0.29, 0.717) is 12.1 Å². The van der Waals surface area contributed by atoms with Gasteiger partial charge >= 0.3 is 0 Å². The molecule has 0 saturated carbocycles. The number of nitrogens with zero attached hydrogens (tertiary/aromatic N) is 8. The second kappa shape index (κ2) is 22.8. The van der Waals surface area contributed by atoms with E-state index in [-0.39, 0.29) is 113 Å². The molecular weight excluding hydrogens is 867 g/mol. The first-order valence-electron chi connectivity index (χ1n) is 20.2. The summed E-state index contributed by atoms with van der Waals surface area (Å²) in [6.45, 7) is 0.197. The molecule has 5 rings (SSSR count). The summed E-state index contributed by atoms with van der Waals surface area (Å²) in [5.74, 6) is -2.86. The molecular formula is C43H45N9O12S. The Hall–Kier alpha value is -8.10. The van der Waals surface area contributed by atoms with E-state index >= 15 is 0 Å². The number of aliphatic imine (C=N–C) groups is 1. The molecule has 0 atom stereocenters. The van der Waals surface area contributed by atoms with E-state index in [9.17, 15) is 59.2 Å². The number of pyridine rings is 4. The molecule has 4 aromatic heterocycles. The van der Waals surface area contributed by atoms with Crippen molar-refractivity contribution >= 4 is 46.7 Å². The Morgan fingerprint density at radius 1 is 0.508 bits per heavy atom. The van der Waals surface area contributed by atoms with Gasteiger partial charge in [0.05, 0.1) is 10.8 Å². The molecule has 5 aromatic rings. The standard InChI is InChI=1S/C43H45N9O12S/c53-36-13-3-9-32(49(36)61)40(57)44-22-7-25-46(41(58)33-10-4-14-37(54)50(33)62)23-1-2-24-47(42(59)34-11-5-15-38(55)51(34)63)26-8-27-48(43(60)35-12-6-16-39(56)52(35)64)28-21-30-17-19-31(20-18-30)45-29-65/h3-6,9-20,61-64H,1-2,7-8,21-28H2,(H,44,57). The van der Waals surface area contributed by atoms with Gasteiger partial charge in [0.25, 0.3) is 45.9 Å². The van der Waals surface area contributed by atoms with Gasteiger partial charge in [0.2, 0.25) is 0 Å². The zero-order valence-corrected chi connectivity index (χ0v) is 35.6. The molecule has 340 valence electrons. The van der Waals surface area contributed by atoms with Gasteiger partial charge in [-0.1, -0.05) is 36.4 Å². The number of amides is 4. The molecule has 0 aliphatic carbocycles. The molecule has 5 N–H and O–H groups in total. The van der Waals surface area contributed by atoms with Crippen LogP contribution in [-0.4, -0.2) is 129 Å². The van der Waals surface area contributed by atoms with Crippen LogP contribution < -0.4 is 27.6 Å². The Bertz CT molecular complexity index is 2810. The summed E-state index contributed by atoms with van der Waals surface area (Å²) < 4.78 is 0.875. The fraction of sp³-hybridized carbons (Fsp3) is 0.279. The maximum absolute atomic E-state index is 13.9. The molecule has 0 bridgehead atoms. The van der Waals surface area contributed by atoms with Crippen molar-refractivity contribution in [3.63, 3.8) is 0 Å².